The molecule has 29 heavy (non-hydrogen) atoms. The fourth-order valence-corrected chi connectivity index (χ4v) is 4.10. The molecule has 2 aliphatic rings. The van der Waals surface area contributed by atoms with Crippen LogP contribution in [0, 0.1) is 19.8 Å². The summed E-state index contributed by atoms with van der Waals surface area (Å²) in [6.45, 7) is 5.51. The third-order valence-corrected chi connectivity index (χ3v) is 5.53. The number of aryl methyl sites for hydroxylation is 2. The number of carbonyl (C=O) groups excluding carboxylic acids is 2. The van der Waals surface area contributed by atoms with Gasteiger partial charge in [-0.1, -0.05) is 18.2 Å². The van der Waals surface area contributed by atoms with Gasteiger partial charge in [0.1, 0.15) is 11.9 Å². The molecule has 2 aromatic rings. The van der Waals surface area contributed by atoms with Crippen molar-refractivity contribution in [1.29, 1.82) is 0 Å². The van der Waals surface area contributed by atoms with Crippen molar-refractivity contribution in [2.24, 2.45) is 5.92 Å². The van der Waals surface area contributed by atoms with Crippen molar-refractivity contribution in [1.82, 2.24) is 14.9 Å². The smallest absolute Gasteiger partial charge is 0.228 e. The van der Waals surface area contributed by atoms with Gasteiger partial charge in [0, 0.05) is 56.3 Å². The minimum atomic E-state index is -0.271. The second-order valence-electron chi connectivity index (χ2n) is 7.78. The quantitative estimate of drug-likeness (QED) is 0.797. The number of hydrogen-bond donors (Lipinski definition) is 0. The number of anilines is 1. The first-order chi connectivity index (χ1) is 14.0. The van der Waals surface area contributed by atoms with Gasteiger partial charge in [-0.2, -0.15) is 4.98 Å². The Kier molecular flexibility index (Phi) is 5.47. The molecule has 4 rings (SSSR count). The van der Waals surface area contributed by atoms with Gasteiger partial charge in [-0.3, -0.25) is 9.59 Å². The summed E-state index contributed by atoms with van der Waals surface area (Å²) < 4.78 is 6.01. The molecule has 0 aliphatic carbocycles. The number of rotatable bonds is 4. The molecule has 7 nitrogen and oxygen atoms in total. The number of carbonyl (C=O) groups is 2. The average Bonchev–Trinajstić information content (AvgIpc) is 3.09. The molecule has 2 saturated heterocycles. The van der Waals surface area contributed by atoms with Crippen molar-refractivity contribution in [3.8, 4) is 5.88 Å². The van der Waals surface area contributed by atoms with E-state index in [-0.39, 0.29) is 30.3 Å². The molecule has 3 heterocycles. The first-order valence-corrected chi connectivity index (χ1v) is 10.1. The van der Waals surface area contributed by atoms with E-state index in [4.69, 9.17) is 4.74 Å². The van der Waals surface area contributed by atoms with Gasteiger partial charge in [-0.15, -0.1) is 0 Å². The molecule has 152 valence electrons. The predicted octanol–water partition coefficient (Wildman–Crippen LogP) is 2.52. The molecule has 0 spiro atoms. The highest BCUT2D eigenvalue weighted by molar-refractivity contribution is 6.00. The Morgan fingerprint density at radius 1 is 1.10 bits per heavy atom. The van der Waals surface area contributed by atoms with Crippen LogP contribution < -0.4 is 9.64 Å². The minimum Gasteiger partial charge on any atom is -0.474 e. The van der Waals surface area contributed by atoms with Crippen LogP contribution >= 0.6 is 0 Å². The molecule has 1 atom stereocenters. The molecule has 7 heteroatoms. The molecule has 2 aliphatic heterocycles. The number of para-hydroxylation sites is 1. The summed E-state index contributed by atoms with van der Waals surface area (Å²) in [5, 5.41) is 0. The molecule has 1 aromatic carbocycles. The van der Waals surface area contributed by atoms with Gasteiger partial charge in [-0.25, -0.2) is 4.98 Å². The van der Waals surface area contributed by atoms with Crippen molar-refractivity contribution in [3.63, 3.8) is 0 Å². The van der Waals surface area contributed by atoms with Crippen LogP contribution in [0.4, 0.5) is 5.69 Å². The normalized spacial score (nSPS) is 20.2. The fourth-order valence-electron chi connectivity index (χ4n) is 4.10. The lowest BCUT2D eigenvalue weighted by molar-refractivity contribution is -0.137. The van der Waals surface area contributed by atoms with Gasteiger partial charge < -0.3 is 14.5 Å². The van der Waals surface area contributed by atoms with Crippen LogP contribution in [0.1, 0.15) is 30.8 Å². The summed E-state index contributed by atoms with van der Waals surface area (Å²) in [5.41, 5.74) is 1.74. The van der Waals surface area contributed by atoms with Crippen LogP contribution in [0.2, 0.25) is 0 Å². The lowest BCUT2D eigenvalue weighted by atomic mass is 10.0. The number of aromatic nitrogens is 2. The Balaban J connectivity index is 1.32. The van der Waals surface area contributed by atoms with Gasteiger partial charge in [0.15, 0.2) is 0 Å². The third kappa shape index (κ3) is 4.39. The number of ether oxygens (including phenoxy) is 1. The highest BCUT2D eigenvalue weighted by atomic mass is 16.5. The summed E-state index contributed by atoms with van der Waals surface area (Å²) in [6, 6.07) is 11.4. The summed E-state index contributed by atoms with van der Waals surface area (Å²) in [7, 11) is 0. The van der Waals surface area contributed by atoms with Crippen LogP contribution in [-0.2, 0) is 9.59 Å². The molecule has 0 bridgehead atoms. The molecule has 0 saturated carbocycles. The molecule has 1 unspecified atom stereocenters. The lowest BCUT2D eigenvalue weighted by Gasteiger charge is -2.33. The van der Waals surface area contributed by atoms with Crippen molar-refractivity contribution in [2.45, 2.75) is 39.2 Å². The highest BCUT2D eigenvalue weighted by Gasteiger charge is 2.38. The monoisotopic (exact) mass is 394 g/mol. The lowest BCUT2D eigenvalue weighted by Crippen LogP contribution is -2.45. The number of benzene rings is 1. The zero-order chi connectivity index (χ0) is 20.4. The number of nitrogens with zero attached hydrogens (tertiary/aromatic N) is 4. The van der Waals surface area contributed by atoms with Crippen LogP contribution in [0.5, 0.6) is 5.88 Å². The van der Waals surface area contributed by atoms with Gasteiger partial charge in [0.05, 0.1) is 5.92 Å². The number of amides is 2. The van der Waals surface area contributed by atoms with Gasteiger partial charge in [-0.05, 0) is 26.0 Å². The standard InChI is InChI=1S/C22H26N4O3/c1-15-12-20(24-16(2)23-15)29-19-8-10-25(11-9-19)22(28)17-13-21(27)26(14-17)18-6-4-3-5-7-18/h3-7,12,17,19H,8-11,13-14H2,1-2H3. The SMILES string of the molecule is Cc1cc(OC2CCN(C(=O)C3CC(=O)N(c4ccccc4)C3)CC2)nc(C)n1. The molecular weight excluding hydrogens is 368 g/mol. The van der Waals surface area contributed by atoms with E-state index in [1.807, 2.05) is 55.1 Å². The van der Waals surface area contributed by atoms with Gasteiger partial charge >= 0.3 is 0 Å². The van der Waals surface area contributed by atoms with Crippen molar-refractivity contribution in [3.05, 3.63) is 47.9 Å². The maximum absolute atomic E-state index is 13.0. The summed E-state index contributed by atoms with van der Waals surface area (Å²) in [4.78, 5) is 37.6. The van der Waals surface area contributed by atoms with Crippen molar-refractivity contribution >= 4 is 17.5 Å². The van der Waals surface area contributed by atoms with E-state index in [0.717, 1.165) is 24.2 Å². The van der Waals surface area contributed by atoms with Crippen LogP contribution in [-0.4, -0.2) is 52.4 Å². The maximum atomic E-state index is 13.0. The number of likely N-dealkylation sites (tertiary alicyclic amines) is 1. The van der Waals surface area contributed by atoms with Crippen molar-refractivity contribution < 1.29 is 14.3 Å². The van der Waals surface area contributed by atoms with Gasteiger partial charge in [0.2, 0.25) is 17.7 Å². The zero-order valence-electron chi connectivity index (χ0n) is 16.9. The molecular formula is C22H26N4O3. The zero-order valence-corrected chi connectivity index (χ0v) is 16.9. The molecule has 0 N–H and O–H groups in total. The topological polar surface area (TPSA) is 75.6 Å². The molecule has 0 radical (unpaired) electrons. The molecule has 1 aromatic heterocycles. The summed E-state index contributed by atoms with van der Waals surface area (Å²) in [6.07, 6.45) is 1.84. The number of hydrogen-bond acceptors (Lipinski definition) is 5. The van der Waals surface area contributed by atoms with E-state index < -0.39 is 0 Å². The Bertz CT molecular complexity index is 874. The van der Waals surface area contributed by atoms with E-state index in [1.165, 1.54) is 0 Å². The second-order valence-corrected chi connectivity index (χ2v) is 7.78. The van der Waals surface area contributed by atoms with Crippen LogP contribution in [0.3, 0.4) is 0 Å². The first kappa shape index (κ1) is 19.4. The molecule has 2 fully saturated rings. The van der Waals surface area contributed by atoms with E-state index in [0.29, 0.717) is 31.3 Å². The summed E-state index contributed by atoms with van der Waals surface area (Å²) >= 11 is 0. The minimum absolute atomic E-state index is 0.0160. The number of piperidine rings is 1. The highest BCUT2D eigenvalue weighted by Crippen LogP contribution is 2.27. The average molecular weight is 394 g/mol. The second kappa shape index (κ2) is 8.19. The van der Waals surface area contributed by atoms with Crippen molar-refractivity contribution in [2.75, 3.05) is 24.5 Å². The Morgan fingerprint density at radius 3 is 2.52 bits per heavy atom. The Hall–Kier alpha value is -2.96. The van der Waals surface area contributed by atoms with Crippen LogP contribution in [0.25, 0.3) is 0 Å². The van der Waals surface area contributed by atoms with Gasteiger partial charge in [0.25, 0.3) is 0 Å². The van der Waals surface area contributed by atoms with E-state index in [2.05, 4.69) is 9.97 Å². The Labute approximate surface area is 170 Å². The van der Waals surface area contributed by atoms with Crippen LogP contribution in [0.15, 0.2) is 36.4 Å². The largest absolute Gasteiger partial charge is 0.474 e. The predicted molar refractivity (Wildman–Crippen MR) is 109 cm³/mol. The van der Waals surface area contributed by atoms with E-state index in [1.54, 1.807) is 4.90 Å². The van der Waals surface area contributed by atoms with E-state index >= 15 is 0 Å². The molecule has 2 amide bonds. The summed E-state index contributed by atoms with van der Waals surface area (Å²) in [5.74, 6) is 1.11. The van der Waals surface area contributed by atoms with E-state index in [9.17, 15) is 9.59 Å². The Morgan fingerprint density at radius 2 is 1.83 bits per heavy atom. The maximum Gasteiger partial charge on any atom is 0.228 e. The third-order valence-electron chi connectivity index (χ3n) is 5.53. The first-order valence-electron chi connectivity index (χ1n) is 10.1. The fraction of sp³-hybridized carbons (Fsp3) is 0.455.